The number of thioether (sulfide) groups is 1. The SMILES string of the molecule is Cc1cc(C(N)C2CCSC2)cs1. The van der Waals surface area contributed by atoms with Gasteiger partial charge in [-0.2, -0.15) is 11.8 Å². The van der Waals surface area contributed by atoms with Crippen molar-refractivity contribution < 1.29 is 0 Å². The van der Waals surface area contributed by atoms with Crippen molar-refractivity contribution >= 4 is 23.1 Å². The minimum atomic E-state index is 0.278. The van der Waals surface area contributed by atoms with Crippen LogP contribution in [0.2, 0.25) is 0 Å². The van der Waals surface area contributed by atoms with Crippen LogP contribution < -0.4 is 5.73 Å². The standard InChI is InChI=1S/C10H15NS2/c1-7-4-9(6-13-7)10(11)8-2-3-12-5-8/h4,6,8,10H,2-3,5,11H2,1H3. The van der Waals surface area contributed by atoms with Gasteiger partial charge >= 0.3 is 0 Å². The molecule has 1 aromatic heterocycles. The van der Waals surface area contributed by atoms with Crippen LogP contribution in [0.3, 0.4) is 0 Å². The lowest BCUT2D eigenvalue weighted by Gasteiger charge is -2.16. The van der Waals surface area contributed by atoms with Gasteiger partial charge in [0.2, 0.25) is 0 Å². The molecule has 2 atom stereocenters. The highest BCUT2D eigenvalue weighted by Crippen LogP contribution is 2.33. The zero-order valence-electron chi connectivity index (χ0n) is 7.82. The topological polar surface area (TPSA) is 26.0 Å². The lowest BCUT2D eigenvalue weighted by Crippen LogP contribution is -2.20. The molecule has 1 fully saturated rings. The lowest BCUT2D eigenvalue weighted by atomic mass is 9.95. The van der Waals surface area contributed by atoms with Gasteiger partial charge in [0, 0.05) is 10.9 Å². The van der Waals surface area contributed by atoms with Gasteiger partial charge in [-0.05, 0) is 47.8 Å². The highest BCUT2D eigenvalue weighted by atomic mass is 32.2. The van der Waals surface area contributed by atoms with Crippen molar-refractivity contribution in [3.63, 3.8) is 0 Å². The second kappa shape index (κ2) is 4.03. The fourth-order valence-electron chi connectivity index (χ4n) is 1.75. The molecular weight excluding hydrogens is 198 g/mol. The second-order valence-corrected chi connectivity index (χ2v) is 5.91. The van der Waals surface area contributed by atoms with Crippen LogP contribution in [0.25, 0.3) is 0 Å². The van der Waals surface area contributed by atoms with Gasteiger partial charge in [0.05, 0.1) is 0 Å². The molecule has 2 unspecified atom stereocenters. The highest BCUT2D eigenvalue weighted by molar-refractivity contribution is 7.99. The number of rotatable bonds is 2. The first-order valence-electron chi connectivity index (χ1n) is 4.66. The molecule has 0 saturated carbocycles. The number of nitrogens with two attached hydrogens (primary N) is 1. The molecule has 1 saturated heterocycles. The number of aryl methyl sites for hydroxylation is 1. The predicted molar refractivity (Wildman–Crippen MR) is 61.4 cm³/mol. The van der Waals surface area contributed by atoms with Crippen molar-refractivity contribution in [3.8, 4) is 0 Å². The van der Waals surface area contributed by atoms with Gasteiger partial charge in [0.15, 0.2) is 0 Å². The molecule has 2 rings (SSSR count). The minimum Gasteiger partial charge on any atom is -0.324 e. The summed E-state index contributed by atoms with van der Waals surface area (Å²) in [5, 5.41) is 2.21. The first kappa shape index (κ1) is 9.56. The predicted octanol–water partition coefficient (Wildman–Crippen LogP) is 2.81. The lowest BCUT2D eigenvalue weighted by molar-refractivity contribution is 0.483. The Bertz CT molecular complexity index is 276. The normalized spacial score (nSPS) is 24.9. The summed E-state index contributed by atoms with van der Waals surface area (Å²) in [6.07, 6.45) is 1.29. The highest BCUT2D eigenvalue weighted by Gasteiger charge is 2.23. The average Bonchev–Trinajstić information content (AvgIpc) is 2.72. The Labute approximate surface area is 87.7 Å². The van der Waals surface area contributed by atoms with E-state index in [1.807, 2.05) is 11.8 Å². The molecule has 1 aromatic rings. The fourth-order valence-corrected chi connectivity index (χ4v) is 3.81. The quantitative estimate of drug-likeness (QED) is 0.817. The minimum absolute atomic E-state index is 0.278. The van der Waals surface area contributed by atoms with E-state index < -0.39 is 0 Å². The summed E-state index contributed by atoms with van der Waals surface area (Å²) in [6.45, 7) is 2.14. The Morgan fingerprint density at radius 1 is 1.62 bits per heavy atom. The Hall–Kier alpha value is 0.01000. The van der Waals surface area contributed by atoms with E-state index in [4.69, 9.17) is 5.73 Å². The molecule has 0 radical (unpaired) electrons. The summed E-state index contributed by atoms with van der Waals surface area (Å²) in [5.74, 6) is 3.25. The zero-order chi connectivity index (χ0) is 9.26. The van der Waals surface area contributed by atoms with Crippen LogP contribution in [0.1, 0.15) is 22.9 Å². The molecule has 2 heterocycles. The van der Waals surface area contributed by atoms with Crippen molar-refractivity contribution in [3.05, 3.63) is 21.9 Å². The number of hydrogen-bond donors (Lipinski definition) is 1. The molecule has 1 nitrogen and oxygen atoms in total. The summed E-state index contributed by atoms with van der Waals surface area (Å²) in [7, 11) is 0. The maximum Gasteiger partial charge on any atom is 0.0340 e. The van der Waals surface area contributed by atoms with Gasteiger partial charge < -0.3 is 5.73 Å². The van der Waals surface area contributed by atoms with E-state index in [-0.39, 0.29) is 6.04 Å². The van der Waals surface area contributed by atoms with Crippen LogP contribution in [0.5, 0.6) is 0 Å². The molecular formula is C10H15NS2. The van der Waals surface area contributed by atoms with Gasteiger partial charge in [-0.25, -0.2) is 0 Å². The van der Waals surface area contributed by atoms with Gasteiger partial charge in [-0.15, -0.1) is 11.3 Å². The van der Waals surface area contributed by atoms with E-state index in [2.05, 4.69) is 18.4 Å². The monoisotopic (exact) mass is 213 g/mol. The molecule has 0 amide bonds. The molecule has 1 aliphatic heterocycles. The molecule has 13 heavy (non-hydrogen) atoms. The van der Waals surface area contributed by atoms with Crippen molar-refractivity contribution in [1.82, 2.24) is 0 Å². The number of hydrogen-bond acceptors (Lipinski definition) is 3. The van der Waals surface area contributed by atoms with Crippen LogP contribution in [-0.4, -0.2) is 11.5 Å². The van der Waals surface area contributed by atoms with E-state index in [9.17, 15) is 0 Å². The van der Waals surface area contributed by atoms with E-state index in [1.54, 1.807) is 11.3 Å². The molecule has 0 aliphatic carbocycles. The van der Waals surface area contributed by atoms with Crippen molar-refractivity contribution in [2.75, 3.05) is 11.5 Å². The third-order valence-corrected chi connectivity index (χ3v) is 4.68. The van der Waals surface area contributed by atoms with Crippen molar-refractivity contribution in [2.24, 2.45) is 11.7 Å². The smallest absolute Gasteiger partial charge is 0.0340 e. The van der Waals surface area contributed by atoms with Crippen LogP contribution in [-0.2, 0) is 0 Å². The van der Waals surface area contributed by atoms with E-state index >= 15 is 0 Å². The summed E-state index contributed by atoms with van der Waals surface area (Å²) in [4.78, 5) is 1.37. The fraction of sp³-hybridized carbons (Fsp3) is 0.600. The summed E-state index contributed by atoms with van der Waals surface area (Å²) < 4.78 is 0. The molecule has 2 N–H and O–H groups in total. The summed E-state index contributed by atoms with van der Waals surface area (Å²) in [5.41, 5.74) is 7.55. The third kappa shape index (κ3) is 2.09. The molecule has 0 spiro atoms. The van der Waals surface area contributed by atoms with Crippen LogP contribution >= 0.6 is 23.1 Å². The average molecular weight is 213 g/mol. The van der Waals surface area contributed by atoms with Crippen LogP contribution in [0, 0.1) is 12.8 Å². The van der Waals surface area contributed by atoms with Gasteiger partial charge in [0.25, 0.3) is 0 Å². The van der Waals surface area contributed by atoms with Crippen LogP contribution in [0.4, 0.5) is 0 Å². The third-order valence-electron chi connectivity index (χ3n) is 2.61. The molecule has 3 heteroatoms. The largest absolute Gasteiger partial charge is 0.324 e. The molecule has 1 aliphatic rings. The first-order valence-corrected chi connectivity index (χ1v) is 6.69. The van der Waals surface area contributed by atoms with E-state index in [1.165, 1.54) is 28.4 Å². The Morgan fingerprint density at radius 3 is 3.00 bits per heavy atom. The Balaban J connectivity index is 2.07. The van der Waals surface area contributed by atoms with Crippen molar-refractivity contribution in [2.45, 2.75) is 19.4 Å². The maximum absolute atomic E-state index is 6.21. The maximum atomic E-state index is 6.21. The Kier molecular flexibility index (Phi) is 2.96. The molecule has 0 aromatic carbocycles. The van der Waals surface area contributed by atoms with E-state index in [0.29, 0.717) is 5.92 Å². The zero-order valence-corrected chi connectivity index (χ0v) is 9.46. The summed E-state index contributed by atoms with van der Waals surface area (Å²) in [6, 6.07) is 2.51. The first-order chi connectivity index (χ1) is 6.27. The van der Waals surface area contributed by atoms with Gasteiger partial charge in [-0.3, -0.25) is 0 Å². The number of thiophene rings is 1. The Morgan fingerprint density at radius 2 is 2.46 bits per heavy atom. The van der Waals surface area contributed by atoms with Gasteiger partial charge in [0.1, 0.15) is 0 Å². The van der Waals surface area contributed by atoms with Crippen LogP contribution in [0.15, 0.2) is 11.4 Å². The second-order valence-electron chi connectivity index (χ2n) is 3.64. The van der Waals surface area contributed by atoms with Crippen molar-refractivity contribution in [1.29, 1.82) is 0 Å². The molecule has 72 valence electrons. The van der Waals surface area contributed by atoms with Gasteiger partial charge in [-0.1, -0.05) is 0 Å². The summed E-state index contributed by atoms with van der Waals surface area (Å²) >= 11 is 3.84. The van der Waals surface area contributed by atoms with E-state index in [0.717, 1.165) is 0 Å². The molecule has 0 bridgehead atoms.